The molecule has 0 aromatic carbocycles. The molecule has 5 nitrogen and oxygen atoms in total. The summed E-state index contributed by atoms with van der Waals surface area (Å²) in [6.07, 6.45) is 3.07. The summed E-state index contributed by atoms with van der Waals surface area (Å²) in [7, 11) is 0. The second-order valence-electron chi connectivity index (χ2n) is 2.67. The number of likely N-dealkylation sites (N-methyl/N-ethyl adjacent to an activating group) is 1. The van der Waals surface area contributed by atoms with E-state index < -0.39 is 0 Å². The van der Waals surface area contributed by atoms with Gasteiger partial charge < -0.3 is 10.6 Å². The molecule has 2 N–H and O–H groups in total. The Bertz CT molecular complexity index is 331. The lowest BCUT2D eigenvalue weighted by molar-refractivity contribution is -0.116. The van der Waals surface area contributed by atoms with Crippen LogP contribution in [0.15, 0.2) is 17.0 Å². The van der Waals surface area contributed by atoms with Crippen LogP contribution >= 0.6 is 15.9 Å². The number of carbonyl (C=O) groups excluding carboxylic acids is 1. The smallest absolute Gasteiger partial charge is 0.236 e. The first kappa shape index (κ1) is 10.9. The minimum atomic E-state index is -0.377. The van der Waals surface area contributed by atoms with Gasteiger partial charge in [0.2, 0.25) is 5.91 Å². The fourth-order valence-corrected chi connectivity index (χ4v) is 1.53. The molecule has 1 amide bonds. The summed E-state index contributed by atoms with van der Waals surface area (Å²) in [6.45, 7) is 2.75. The molecule has 0 saturated carbocycles. The van der Waals surface area contributed by atoms with Crippen LogP contribution in [-0.2, 0) is 4.79 Å². The Labute approximate surface area is 90.5 Å². The molecule has 1 aromatic rings. The monoisotopic (exact) mass is 258 g/mol. The molecule has 0 aliphatic heterocycles. The van der Waals surface area contributed by atoms with E-state index in [-0.39, 0.29) is 12.5 Å². The van der Waals surface area contributed by atoms with Crippen molar-refractivity contribution in [1.82, 2.24) is 9.97 Å². The van der Waals surface area contributed by atoms with Crippen LogP contribution in [-0.4, -0.2) is 29.0 Å². The number of nitrogens with zero attached hydrogens (tertiary/aromatic N) is 3. The van der Waals surface area contributed by atoms with E-state index in [2.05, 4.69) is 25.9 Å². The quantitative estimate of drug-likeness (QED) is 0.857. The summed E-state index contributed by atoms with van der Waals surface area (Å²) in [4.78, 5) is 20.4. The third kappa shape index (κ3) is 2.66. The van der Waals surface area contributed by atoms with Crippen LogP contribution in [0, 0.1) is 0 Å². The number of anilines is 1. The highest BCUT2D eigenvalue weighted by Gasteiger charge is 2.11. The maximum atomic E-state index is 10.8. The molecule has 0 radical (unpaired) electrons. The van der Waals surface area contributed by atoms with Crippen molar-refractivity contribution in [2.45, 2.75) is 6.92 Å². The summed E-state index contributed by atoms with van der Waals surface area (Å²) in [6, 6.07) is 0. The van der Waals surface area contributed by atoms with Gasteiger partial charge in [-0.2, -0.15) is 0 Å². The maximum Gasteiger partial charge on any atom is 0.236 e. The zero-order valence-corrected chi connectivity index (χ0v) is 9.36. The van der Waals surface area contributed by atoms with E-state index in [0.717, 1.165) is 4.47 Å². The van der Waals surface area contributed by atoms with Crippen molar-refractivity contribution in [3.05, 3.63) is 17.0 Å². The van der Waals surface area contributed by atoms with Crippen molar-refractivity contribution in [2.75, 3.05) is 18.0 Å². The molecule has 0 fully saturated rings. The van der Waals surface area contributed by atoms with Crippen LogP contribution in [0.2, 0.25) is 0 Å². The predicted octanol–water partition coefficient (Wildman–Crippen LogP) is 0.551. The van der Waals surface area contributed by atoms with E-state index in [1.54, 1.807) is 11.1 Å². The number of carbonyl (C=O) groups is 1. The van der Waals surface area contributed by atoms with E-state index in [1.165, 1.54) is 6.33 Å². The largest absolute Gasteiger partial charge is 0.368 e. The van der Waals surface area contributed by atoms with Gasteiger partial charge in [0.05, 0.1) is 11.0 Å². The zero-order valence-electron chi connectivity index (χ0n) is 7.77. The number of rotatable bonds is 4. The third-order valence-corrected chi connectivity index (χ3v) is 2.24. The summed E-state index contributed by atoms with van der Waals surface area (Å²) in [5.74, 6) is 0.304. The van der Waals surface area contributed by atoms with Crippen molar-refractivity contribution in [3.63, 3.8) is 0 Å². The Morgan fingerprint density at radius 3 is 2.93 bits per heavy atom. The van der Waals surface area contributed by atoms with Gasteiger partial charge >= 0.3 is 0 Å². The minimum absolute atomic E-state index is 0.159. The third-order valence-electron chi connectivity index (χ3n) is 1.68. The van der Waals surface area contributed by atoms with Crippen LogP contribution < -0.4 is 10.6 Å². The number of aromatic nitrogens is 2. The van der Waals surface area contributed by atoms with Crippen LogP contribution in [0.3, 0.4) is 0 Å². The van der Waals surface area contributed by atoms with Gasteiger partial charge in [-0.1, -0.05) is 0 Å². The van der Waals surface area contributed by atoms with Crippen molar-refractivity contribution in [1.29, 1.82) is 0 Å². The number of halogens is 1. The second kappa shape index (κ2) is 4.90. The number of nitrogens with two attached hydrogens (primary N) is 1. The maximum absolute atomic E-state index is 10.8. The topological polar surface area (TPSA) is 72.1 Å². The van der Waals surface area contributed by atoms with E-state index in [4.69, 9.17) is 5.73 Å². The SMILES string of the molecule is CCN(CC(N)=O)c1ncncc1Br. The van der Waals surface area contributed by atoms with Crippen molar-refractivity contribution < 1.29 is 4.79 Å². The summed E-state index contributed by atoms with van der Waals surface area (Å²) in [5.41, 5.74) is 5.12. The standard InChI is InChI=1S/C8H11BrN4O/c1-2-13(4-7(10)14)8-6(9)3-11-5-12-8/h3,5H,2,4H2,1H3,(H2,10,14). The fraction of sp³-hybridized carbons (Fsp3) is 0.375. The molecule has 1 aromatic heterocycles. The van der Waals surface area contributed by atoms with Gasteiger partial charge in [-0.15, -0.1) is 0 Å². The molecule has 6 heteroatoms. The Morgan fingerprint density at radius 1 is 1.71 bits per heavy atom. The molecule has 0 unspecified atom stereocenters. The van der Waals surface area contributed by atoms with Gasteiger partial charge in [-0.3, -0.25) is 4.79 Å². The van der Waals surface area contributed by atoms with E-state index in [0.29, 0.717) is 12.4 Å². The van der Waals surface area contributed by atoms with Gasteiger partial charge in [-0.05, 0) is 22.9 Å². The lowest BCUT2D eigenvalue weighted by Crippen LogP contribution is -2.34. The van der Waals surface area contributed by atoms with Gasteiger partial charge in [0.25, 0.3) is 0 Å². The fourth-order valence-electron chi connectivity index (χ4n) is 1.06. The Morgan fingerprint density at radius 2 is 2.43 bits per heavy atom. The van der Waals surface area contributed by atoms with Crippen LogP contribution in [0.25, 0.3) is 0 Å². The molecule has 76 valence electrons. The Balaban J connectivity index is 2.89. The summed E-state index contributed by atoms with van der Waals surface area (Å²) in [5, 5.41) is 0. The average Bonchev–Trinajstić information content (AvgIpc) is 2.15. The molecular formula is C8H11BrN4O. The number of primary amides is 1. The van der Waals surface area contributed by atoms with Crippen LogP contribution in [0.5, 0.6) is 0 Å². The lowest BCUT2D eigenvalue weighted by Gasteiger charge is -2.20. The van der Waals surface area contributed by atoms with Crippen LogP contribution in [0.1, 0.15) is 6.92 Å². The van der Waals surface area contributed by atoms with Gasteiger partial charge in [-0.25, -0.2) is 9.97 Å². The van der Waals surface area contributed by atoms with E-state index in [9.17, 15) is 4.79 Å². The molecule has 14 heavy (non-hydrogen) atoms. The highest BCUT2D eigenvalue weighted by molar-refractivity contribution is 9.10. The number of amides is 1. The predicted molar refractivity (Wildman–Crippen MR) is 56.8 cm³/mol. The van der Waals surface area contributed by atoms with Gasteiger partial charge in [0.1, 0.15) is 12.1 Å². The number of hydrogen-bond acceptors (Lipinski definition) is 4. The first-order valence-corrected chi connectivity index (χ1v) is 4.93. The minimum Gasteiger partial charge on any atom is -0.368 e. The van der Waals surface area contributed by atoms with E-state index in [1.807, 2.05) is 6.92 Å². The second-order valence-corrected chi connectivity index (χ2v) is 3.53. The number of hydrogen-bond donors (Lipinski definition) is 1. The molecule has 0 atom stereocenters. The average molecular weight is 259 g/mol. The Kier molecular flexibility index (Phi) is 3.82. The summed E-state index contributed by atoms with van der Waals surface area (Å²) >= 11 is 3.31. The highest BCUT2D eigenvalue weighted by Crippen LogP contribution is 2.21. The first-order valence-electron chi connectivity index (χ1n) is 4.14. The lowest BCUT2D eigenvalue weighted by atomic mass is 10.4. The summed E-state index contributed by atoms with van der Waals surface area (Å²) < 4.78 is 0.753. The normalized spacial score (nSPS) is 9.86. The molecule has 0 aliphatic rings. The molecule has 0 saturated heterocycles. The van der Waals surface area contributed by atoms with Crippen molar-refractivity contribution in [3.8, 4) is 0 Å². The molecule has 0 bridgehead atoms. The molecule has 0 spiro atoms. The van der Waals surface area contributed by atoms with Gasteiger partial charge in [0.15, 0.2) is 0 Å². The van der Waals surface area contributed by atoms with E-state index >= 15 is 0 Å². The molecule has 1 rings (SSSR count). The molecular weight excluding hydrogens is 248 g/mol. The molecule has 0 aliphatic carbocycles. The van der Waals surface area contributed by atoms with Gasteiger partial charge in [0, 0.05) is 12.7 Å². The van der Waals surface area contributed by atoms with Crippen LogP contribution in [0.4, 0.5) is 5.82 Å². The zero-order chi connectivity index (χ0) is 10.6. The Hall–Kier alpha value is -1.17. The first-order chi connectivity index (χ1) is 6.65. The van der Waals surface area contributed by atoms with Crippen molar-refractivity contribution >= 4 is 27.7 Å². The van der Waals surface area contributed by atoms with Crippen molar-refractivity contribution in [2.24, 2.45) is 5.73 Å². The highest BCUT2D eigenvalue weighted by atomic mass is 79.9. The molecule has 1 heterocycles.